The van der Waals surface area contributed by atoms with Crippen molar-refractivity contribution in [2.45, 2.75) is 43.6 Å². The maximum atomic E-state index is 13.3. The van der Waals surface area contributed by atoms with Gasteiger partial charge in [0.2, 0.25) is 15.9 Å². The second-order valence-electron chi connectivity index (χ2n) is 8.49. The molecule has 30 heavy (non-hydrogen) atoms. The standard InChI is InChI=1S/C23H27N3O3S/c27-23(25-11-9-17-5-1-3-7-19(17)15-25)22-13-21(14-24-22)30(28,29)26-12-10-18-6-2-4-8-20(18)16-26/h1-8,21-22,24H,9-16H2. The van der Waals surface area contributed by atoms with Crippen LogP contribution >= 0.6 is 0 Å². The van der Waals surface area contributed by atoms with Crippen molar-refractivity contribution in [1.29, 1.82) is 0 Å². The van der Waals surface area contributed by atoms with Crippen molar-refractivity contribution in [2.75, 3.05) is 19.6 Å². The molecule has 2 aromatic carbocycles. The van der Waals surface area contributed by atoms with Gasteiger partial charge in [-0.3, -0.25) is 4.79 Å². The molecule has 2 aromatic rings. The van der Waals surface area contributed by atoms with E-state index in [0.29, 0.717) is 39.1 Å². The van der Waals surface area contributed by atoms with Gasteiger partial charge in [0.1, 0.15) is 0 Å². The molecule has 158 valence electrons. The second kappa shape index (κ2) is 7.80. The third-order valence-electron chi connectivity index (χ3n) is 6.71. The van der Waals surface area contributed by atoms with Crippen LogP contribution in [0.2, 0.25) is 0 Å². The summed E-state index contributed by atoms with van der Waals surface area (Å²) in [4.78, 5) is 14.9. The summed E-state index contributed by atoms with van der Waals surface area (Å²) in [6.07, 6.45) is 1.94. The molecule has 3 heterocycles. The highest BCUT2D eigenvalue weighted by Crippen LogP contribution is 2.27. The summed E-state index contributed by atoms with van der Waals surface area (Å²) in [7, 11) is -3.45. The van der Waals surface area contributed by atoms with Crippen molar-refractivity contribution in [3.8, 4) is 0 Å². The molecule has 1 saturated heterocycles. The van der Waals surface area contributed by atoms with Crippen LogP contribution in [0.4, 0.5) is 0 Å². The minimum absolute atomic E-state index is 0.0196. The monoisotopic (exact) mass is 425 g/mol. The predicted molar refractivity (Wildman–Crippen MR) is 115 cm³/mol. The van der Waals surface area contributed by atoms with E-state index >= 15 is 0 Å². The molecular formula is C23H27N3O3S. The van der Waals surface area contributed by atoms with Gasteiger partial charge in [-0.25, -0.2) is 8.42 Å². The van der Waals surface area contributed by atoms with Crippen LogP contribution in [-0.4, -0.2) is 54.5 Å². The molecule has 0 radical (unpaired) electrons. The summed E-state index contributed by atoms with van der Waals surface area (Å²) < 4.78 is 28.1. The van der Waals surface area contributed by atoms with Gasteiger partial charge in [-0.1, -0.05) is 48.5 Å². The van der Waals surface area contributed by atoms with Crippen LogP contribution in [0.3, 0.4) is 0 Å². The molecule has 1 amide bonds. The lowest BCUT2D eigenvalue weighted by Crippen LogP contribution is -2.45. The topological polar surface area (TPSA) is 69.7 Å². The first-order valence-electron chi connectivity index (χ1n) is 10.7. The Morgan fingerprint density at radius 2 is 1.47 bits per heavy atom. The summed E-state index contributed by atoms with van der Waals surface area (Å²) in [6.45, 7) is 2.57. The van der Waals surface area contributed by atoms with E-state index in [4.69, 9.17) is 0 Å². The third kappa shape index (κ3) is 3.55. The van der Waals surface area contributed by atoms with E-state index in [1.807, 2.05) is 35.2 Å². The van der Waals surface area contributed by atoms with Gasteiger partial charge in [0, 0.05) is 32.7 Å². The van der Waals surface area contributed by atoms with Gasteiger partial charge < -0.3 is 10.2 Å². The minimum Gasteiger partial charge on any atom is -0.337 e. The Labute approximate surface area is 177 Å². The highest BCUT2D eigenvalue weighted by atomic mass is 32.2. The Kier molecular flexibility index (Phi) is 5.13. The number of nitrogens with one attached hydrogen (secondary N) is 1. The van der Waals surface area contributed by atoms with E-state index in [-0.39, 0.29) is 5.91 Å². The van der Waals surface area contributed by atoms with E-state index in [9.17, 15) is 13.2 Å². The Hall–Kier alpha value is -2.22. The van der Waals surface area contributed by atoms with Crippen molar-refractivity contribution in [3.63, 3.8) is 0 Å². The van der Waals surface area contributed by atoms with Crippen LogP contribution in [0.5, 0.6) is 0 Å². The average molecular weight is 426 g/mol. The Balaban J connectivity index is 1.25. The molecule has 0 spiro atoms. The fourth-order valence-electron chi connectivity index (χ4n) is 4.92. The van der Waals surface area contributed by atoms with Crippen molar-refractivity contribution >= 4 is 15.9 Å². The summed E-state index contributed by atoms with van der Waals surface area (Å²) in [5, 5.41) is 2.65. The molecule has 5 rings (SSSR count). The molecular weight excluding hydrogens is 398 g/mol. The maximum Gasteiger partial charge on any atom is 0.240 e. The molecule has 2 unspecified atom stereocenters. The molecule has 7 heteroatoms. The molecule has 0 aliphatic carbocycles. The van der Waals surface area contributed by atoms with Gasteiger partial charge in [0.05, 0.1) is 11.3 Å². The first kappa shape index (κ1) is 19.7. The molecule has 6 nitrogen and oxygen atoms in total. The van der Waals surface area contributed by atoms with Crippen LogP contribution < -0.4 is 5.32 Å². The Morgan fingerprint density at radius 3 is 2.17 bits per heavy atom. The Bertz CT molecular complexity index is 1070. The number of amides is 1. The number of benzene rings is 2. The van der Waals surface area contributed by atoms with Crippen LogP contribution in [0.1, 0.15) is 28.7 Å². The van der Waals surface area contributed by atoms with Crippen LogP contribution in [0.15, 0.2) is 48.5 Å². The first-order chi connectivity index (χ1) is 14.5. The van der Waals surface area contributed by atoms with Gasteiger partial charge in [-0.2, -0.15) is 4.31 Å². The number of carbonyl (C=O) groups excluding carboxylic acids is 1. The molecule has 3 aliphatic heterocycles. The van der Waals surface area contributed by atoms with Crippen LogP contribution in [0.25, 0.3) is 0 Å². The van der Waals surface area contributed by atoms with Gasteiger partial charge in [-0.05, 0) is 41.5 Å². The van der Waals surface area contributed by atoms with Gasteiger partial charge in [0.25, 0.3) is 0 Å². The van der Waals surface area contributed by atoms with E-state index in [0.717, 1.165) is 18.4 Å². The smallest absolute Gasteiger partial charge is 0.240 e. The zero-order chi connectivity index (χ0) is 20.7. The van der Waals surface area contributed by atoms with Crippen molar-refractivity contribution in [3.05, 3.63) is 70.8 Å². The van der Waals surface area contributed by atoms with E-state index < -0.39 is 21.3 Å². The highest BCUT2D eigenvalue weighted by molar-refractivity contribution is 7.89. The quantitative estimate of drug-likeness (QED) is 0.813. The predicted octanol–water partition coefficient (Wildman–Crippen LogP) is 1.69. The van der Waals surface area contributed by atoms with E-state index in [1.165, 1.54) is 16.7 Å². The molecule has 1 N–H and O–H groups in total. The number of hydrogen-bond acceptors (Lipinski definition) is 4. The molecule has 1 fully saturated rings. The summed E-state index contributed by atoms with van der Waals surface area (Å²) >= 11 is 0. The highest BCUT2D eigenvalue weighted by Gasteiger charge is 2.42. The lowest BCUT2D eigenvalue weighted by atomic mass is 9.99. The largest absolute Gasteiger partial charge is 0.337 e. The zero-order valence-electron chi connectivity index (χ0n) is 17.0. The molecule has 0 saturated carbocycles. The van der Waals surface area contributed by atoms with Crippen LogP contribution in [-0.2, 0) is 40.7 Å². The summed E-state index contributed by atoms with van der Waals surface area (Å²) in [5.74, 6) is 0.0196. The number of carbonyl (C=O) groups is 1. The number of sulfonamides is 1. The van der Waals surface area contributed by atoms with Gasteiger partial charge in [0.15, 0.2) is 0 Å². The fourth-order valence-corrected chi connectivity index (χ4v) is 6.75. The van der Waals surface area contributed by atoms with Crippen LogP contribution in [0, 0.1) is 0 Å². The molecule has 3 aliphatic rings. The summed E-state index contributed by atoms with van der Waals surface area (Å²) in [5.41, 5.74) is 4.79. The number of nitrogens with zero attached hydrogens (tertiary/aromatic N) is 2. The molecule has 2 atom stereocenters. The molecule has 0 aromatic heterocycles. The lowest BCUT2D eigenvalue weighted by molar-refractivity contribution is -0.134. The number of rotatable bonds is 3. The van der Waals surface area contributed by atoms with Crippen molar-refractivity contribution in [2.24, 2.45) is 0 Å². The third-order valence-corrected chi connectivity index (χ3v) is 8.94. The normalized spacial score (nSPS) is 24.3. The second-order valence-corrected chi connectivity index (χ2v) is 10.7. The fraction of sp³-hybridized carbons (Fsp3) is 0.435. The average Bonchev–Trinajstić information content (AvgIpc) is 3.29. The van der Waals surface area contributed by atoms with Gasteiger partial charge in [-0.15, -0.1) is 0 Å². The van der Waals surface area contributed by atoms with Crippen molar-refractivity contribution in [1.82, 2.24) is 14.5 Å². The molecule has 0 bridgehead atoms. The number of fused-ring (bicyclic) bond motifs is 2. The Morgan fingerprint density at radius 1 is 0.867 bits per heavy atom. The first-order valence-corrected chi connectivity index (χ1v) is 12.2. The zero-order valence-corrected chi connectivity index (χ0v) is 17.8. The maximum absolute atomic E-state index is 13.3. The van der Waals surface area contributed by atoms with E-state index in [2.05, 4.69) is 23.5 Å². The number of hydrogen-bond donors (Lipinski definition) is 1. The summed E-state index contributed by atoms with van der Waals surface area (Å²) in [6, 6.07) is 15.8. The lowest BCUT2D eigenvalue weighted by Gasteiger charge is -2.31. The van der Waals surface area contributed by atoms with E-state index in [1.54, 1.807) is 4.31 Å². The SMILES string of the molecule is O=C(C1CC(S(=O)(=O)N2CCc3ccccc3C2)CN1)N1CCc2ccccc2C1. The minimum atomic E-state index is -3.45. The van der Waals surface area contributed by atoms with Crippen molar-refractivity contribution < 1.29 is 13.2 Å². The van der Waals surface area contributed by atoms with Gasteiger partial charge >= 0.3 is 0 Å².